The molecule has 28 heavy (non-hydrogen) atoms. The predicted octanol–water partition coefficient (Wildman–Crippen LogP) is 3.77. The van der Waals surface area contributed by atoms with Gasteiger partial charge in [-0.1, -0.05) is 54.1 Å². The van der Waals surface area contributed by atoms with Gasteiger partial charge >= 0.3 is 0 Å². The number of nitrogens with one attached hydrogen (secondary N) is 1. The first kappa shape index (κ1) is 20.1. The van der Waals surface area contributed by atoms with E-state index in [-0.39, 0.29) is 23.3 Å². The number of rotatable bonds is 8. The van der Waals surface area contributed by atoms with E-state index in [9.17, 15) is 13.2 Å². The third-order valence-corrected chi connectivity index (χ3v) is 7.73. The van der Waals surface area contributed by atoms with Crippen LogP contribution in [0.15, 0.2) is 76.3 Å². The largest absolute Gasteiger partial charge is 0.484 e. The zero-order valence-electron chi connectivity index (χ0n) is 15.4. The Bertz CT molecular complexity index is 998. The van der Waals surface area contributed by atoms with Crippen molar-refractivity contribution >= 4 is 27.1 Å². The molecular weight excluding hydrogens is 394 g/mol. The van der Waals surface area contributed by atoms with Crippen molar-refractivity contribution < 1.29 is 17.9 Å². The highest BCUT2D eigenvalue weighted by Gasteiger charge is 2.30. The summed E-state index contributed by atoms with van der Waals surface area (Å²) in [6.45, 7) is 1.74. The van der Waals surface area contributed by atoms with E-state index in [0.717, 1.165) is 5.56 Å². The molecule has 146 valence electrons. The molecule has 1 heterocycles. The lowest BCUT2D eigenvalue weighted by Crippen LogP contribution is -2.34. The first-order chi connectivity index (χ1) is 13.5. The molecule has 0 unspecified atom stereocenters. The number of sulfone groups is 1. The Morgan fingerprint density at radius 1 is 1.04 bits per heavy atom. The van der Waals surface area contributed by atoms with Crippen molar-refractivity contribution in [3.63, 3.8) is 0 Å². The molecule has 0 spiro atoms. The summed E-state index contributed by atoms with van der Waals surface area (Å²) in [5.41, 5.74) is 1.68. The number of carbonyl (C=O) groups excluding carboxylic acids is 1. The first-order valence-corrected chi connectivity index (χ1v) is 11.2. The van der Waals surface area contributed by atoms with Crippen LogP contribution in [0.1, 0.15) is 16.4 Å². The molecule has 1 aromatic heterocycles. The van der Waals surface area contributed by atoms with E-state index in [4.69, 9.17) is 4.74 Å². The third kappa shape index (κ3) is 4.99. The molecule has 5 nitrogen and oxygen atoms in total. The molecule has 2 aromatic carbocycles. The number of para-hydroxylation sites is 1. The maximum atomic E-state index is 13.1. The van der Waals surface area contributed by atoms with Crippen LogP contribution in [0.2, 0.25) is 0 Å². The topological polar surface area (TPSA) is 72.5 Å². The predicted molar refractivity (Wildman–Crippen MR) is 110 cm³/mol. The van der Waals surface area contributed by atoms with E-state index in [2.05, 4.69) is 5.32 Å². The van der Waals surface area contributed by atoms with Crippen molar-refractivity contribution in [3.05, 3.63) is 83.2 Å². The summed E-state index contributed by atoms with van der Waals surface area (Å²) >= 11 is 1.17. The summed E-state index contributed by atoms with van der Waals surface area (Å²) in [5, 5.41) is 3.56. The van der Waals surface area contributed by atoms with Crippen LogP contribution in [-0.4, -0.2) is 27.5 Å². The second kappa shape index (κ2) is 9.03. The average molecular weight is 416 g/mol. The van der Waals surface area contributed by atoms with Gasteiger partial charge in [0.1, 0.15) is 15.2 Å². The quantitative estimate of drug-likeness (QED) is 0.608. The van der Waals surface area contributed by atoms with Crippen molar-refractivity contribution in [1.82, 2.24) is 5.32 Å². The number of ether oxygens (including phenoxy) is 1. The summed E-state index contributed by atoms with van der Waals surface area (Å²) in [7, 11) is -3.62. The maximum absolute atomic E-state index is 13.1. The standard InChI is InChI=1S/C21H21NO4S2/c1-16-9-11-17(12-10-16)19(28(24,25)21-8-5-13-27-21)14-22-20(23)15-26-18-6-3-2-4-7-18/h2-13,19H,14-15H2,1H3,(H,22,23)/t19-/m1/s1. The molecule has 0 aliphatic carbocycles. The Balaban J connectivity index is 1.72. The van der Waals surface area contributed by atoms with Gasteiger partial charge in [0.2, 0.25) is 0 Å². The molecule has 0 saturated carbocycles. The van der Waals surface area contributed by atoms with Crippen molar-refractivity contribution in [3.8, 4) is 5.75 Å². The molecule has 1 amide bonds. The monoisotopic (exact) mass is 415 g/mol. The minimum absolute atomic E-state index is 0.0275. The summed E-state index contributed by atoms with van der Waals surface area (Å²) < 4.78 is 31.9. The minimum atomic E-state index is -3.62. The number of hydrogen-bond acceptors (Lipinski definition) is 5. The minimum Gasteiger partial charge on any atom is -0.484 e. The van der Waals surface area contributed by atoms with Crippen molar-refractivity contribution in [2.75, 3.05) is 13.2 Å². The molecule has 0 saturated heterocycles. The van der Waals surface area contributed by atoms with Gasteiger partial charge in [0, 0.05) is 6.54 Å². The van der Waals surface area contributed by atoms with Gasteiger partial charge in [-0.3, -0.25) is 4.79 Å². The number of benzene rings is 2. The molecule has 0 radical (unpaired) electrons. The molecule has 3 aromatic rings. The van der Waals surface area contributed by atoms with Crippen molar-refractivity contribution in [2.45, 2.75) is 16.4 Å². The lowest BCUT2D eigenvalue weighted by molar-refractivity contribution is -0.123. The van der Waals surface area contributed by atoms with E-state index in [0.29, 0.717) is 11.3 Å². The van der Waals surface area contributed by atoms with E-state index >= 15 is 0 Å². The number of aryl methyl sites for hydroxylation is 1. The van der Waals surface area contributed by atoms with Crippen LogP contribution in [0.3, 0.4) is 0 Å². The van der Waals surface area contributed by atoms with Gasteiger partial charge < -0.3 is 10.1 Å². The van der Waals surface area contributed by atoms with Gasteiger partial charge in [0.25, 0.3) is 5.91 Å². The second-order valence-corrected chi connectivity index (χ2v) is 9.59. The van der Waals surface area contributed by atoms with Crippen LogP contribution in [0.4, 0.5) is 0 Å². The van der Waals surface area contributed by atoms with Gasteiger partial charge in [-0.15, -0.1) is 11.3 Å². The zero-order valence-corrected chi connectivity index (χ0v) is 17.0. The van der Waals surface area contributed by atoms with Gasteiger partial charge in [-0.25, -0.2) is 8.42 Å². The second-order valence-electron chi connectivity index (χ2n) is 6.28. The van der Waals surface area contributed by atoms with Crippen LogP contribution < -0.4 is 10.1 Å². The van der Waals surface area contributed by atoms with Crippen molar-refractivity contribution in [1.29, 1.82) is 0 Å². The van der Waals surface area contributed by atoms with Crippen LogP contribution in [-0.2, 0) is 14.6 Å². The van der Waals surface area contributed by atoms with Gasteiger partial charge in [0.05, 0.1) is 0 Å². The van der Waals surface area contributed by atoms with Crippen LogP contribution >= 0.6 is 11.3 Å². The van der Waals surface area contributed by atoms with Crippen LogP contribution in [0.5, 0.6) is 5.75 Å². The Kier molecular flexibility index (Phi) is 6.49. The number of thiophene rings is 1. The summed E-state index contributed by atoms with van der Waals surface area (Å²) in [6.07, 6.45) is 0. The fourth-order valence-electron chi connectivity index (χ4n) is 2.68. The van der Waals surface area contributed by atoms with Gasteiger partial charge in [-0.2, -0.15) is 0 Å². The highest BCUT2D eigenvalue weighted by Crippen LogP contribution is 2.31. The molecule has 7 heteroatoms. The lowest BCUT2D eigenvalue weighted by Gasteiger charge is -2.18. The summed E-state index contributed by atoms with van der Waals surface area (Å²) in [5.74, 6) is 0.210. The number of amides is 1. The normalized spacial score (nSPS) is 12.3. The Morgan fingerprint density at radius 3 is 2.39 bits per heavy atom. The lowest BCUT2D eigenvalue weighted by atomic mass is 10.1. The highest BCUT2D eigenvalue weighted by atomic mass is 32.2. The Labute approximate surface area is 168 Å². The molecule has 1 N–H and O–H groups in total. The molecule has 0 aliphatic rings. The Hall–Kier alpha value is -2.64. The third-order valence-electron chi connectivity index (χ3n) is 4.20. The summed E-state index contributed by atoms with van der Waals surface area (Å²) in [6, 6.07) is 19.6. The van der Waals surface area contributed by atoms with Crippen LogP contribution in [0, 0.1) is 6.92 Å². The molecule has 1 atom stereocenters. The number of hydrogen-bond donors (Lipinski definition) is 1. The highest BCUT2D eigenvalue weighted by molar-refractivity contribution is 7.93. The average Bonchev–Trinajstić information content (AvgIpc) is 3.24. The fourth-order valence-corrected chi connectivity index (χ4v) is 5.54. The molecule has 0 bridgehead atoms. The SMILES string of the molecule is Cc1ccc([C@@H](CNC(=O)COc2ccccc2)S(=O)(=O)c2cccs2)cc1. The molecular formula is C21H21NO4S2. The molecule has 0 fully saturated rings. The zero-order chi connectivity index (χ0) is 20.0. The van der Waals surface area contributed by atoms with E-state index in [1.54, 1.807) is 41.8 Å². The first-order valence-electron chi connectivity index (χ1n) is 8.75. The van der Waals surface area contributed by atoms with Crippen LogP contribution in [0.25, 0.3) is 0 Å². The molecule has 0 aliphatic heterocycles. The van der Waals surface area contributed by atoms with Gasteiger partial charge in [-0.05, 0) is 36.1 Å². The van der Waals surface area contributed by atoms with E-state index in [1.807, 2.05) is 37.3 Å². The Morgan fingerprint density at radius 2 is 1.75 bits per heavy atom. The number of carbonyl (C=O) groups is 1. The maximum Gasteiger partial charge on any atom is 0.257 e. The smallest absolute Gasteiger partial charge is 0.257 e. The summed E-state index contributed by atoms with van der Waals surface area (Å²) in [4.78, 5) is 12.2. The van der Waals surface area contributed by atoms with E-state index in [1.165, 1.54) is 11.3 Å². The van der Waals surface area contributed by atoms with Crippen molar-refractivity contribution in [2.24, 2.45) is 0 Å². The van der Waals surface area contributed by atoms with Gasteiger partial charge in [0.15, 0.2) is 16.4 Å². The molecule has 3 rings (SSSR count). The fraction of sp³-hybridized carbons (Fsp3) is 0.190. The van der Waals surface area contributed by atoms with E-state index < -0.39 is 15.1 Å².